The highest BCUT2D eigenvalue weighted by molar-refractivity contribution is 7.13. The van der Waals surface area contributed by atoms with E-state index in [9.17, 15) is 9.59 Å². The highest BCUT2D eigenvalue weighted by atomic mass is 32.1. The first-order valence-corrected chi connectivity index (χ1v) is 10.1. The van der Waals surface area contributed by atoms with Crippen molar-refractivity contribution in [3.63, 3.8) is 0 Å². The Morgan fingerprint density at radius 1 is 1.26 bits per heavy atom. The number of thiazole rings is 1. The average Bonchev–Trinajstić information content (AvgIpc) is 3.10. The lowest BCUT2D eigenvalue weighted by Crippen LogP contribution is -2.45. The maximum atomic E-state index is 13.3. The number of aryl methyl sites for hydroxylation is 1. The van der Waals surface area contributed by atoms with Gasteiger partial charge in [0, 0.05) is 11.4 Å². The predicted molar refractivity (Wildman–Crippen MR) is 106 cm³/mol. The van der Waals surface area contributed by atoms with Crippen molar-refractivity contribution in [1.29, 1.82) is 0 Å². The van der Waals surface area contributed by atoms with Gasteiger partial charge < -0.3 is 15.0 Å². The van der Waals surface area contributed by atoms with Crippen LogP contribution in [0, 0.1) is 6.92 Å². The molecule has 1 aromatic heterocycles. The molecular weight excluding hydrogens is 362 g/mol. The maximum absolute atomic E-state index is 13.3. The van der Waals surface area contributed by atoms with E-state index in [-0.39, 0.29) is 24.4 Å². The van der Waals surface area contributed by atoms with Gasteiger partial charge in [-0.2, -0.15) is 0 Å². The van der Waals surface area contributed by atoms with Crippen LogP contribution in [0.3, 0.4) is 0 Å². The van der Waals surface area contributed by atoms with Gasteiger partial charge in [0.25, 0.3) is 5.91 Å². The number of hydrogen-bond donors (Lipinski definition) is 1. The van der Waals surface area contributed by atoms with Gasteiger partial charge in [0.2, 0.25) is 5.91 Å². The Morgan fingerprint density at radius 3 is 2.67 bits per heavy atom. The number of rotatable bonds is 6. The SMILES string of the molecule is COc1ccccc1C(=O)N(CC(=O)Nc1nc(C)cs1)C1CCCCC1. The Balaban J connectivity index is 1.79. The third-order valence-electron chi connectivity index (χ3n) is 4.79. The Kier molecular flexibility index (Phi) is 6.45. The van der Waals surface area contributed by atoms with Crippen LogP contribution in [-0.2, 0) is 4.79 Å². The number of benzene rings is 1. The lowest BCUT2D eigenvalue weighted by molar-refractivity contribution is -0.117. The molecular formula is C20H25N3O3S. The van der Waals surface area contributed by atoms with Crippen molar-refractivity contribution < 1.29 is 14.3 Å². The molecule has 3 rings (SSSR count). The van der Waals surface area contributed by atoms with E-state index < -0.39 is 0 Å². The molecule has 27 heavy (non-hydrogen) atoms. The number of methoxy groups -OCH3 is 1. The van der Waals surface area contributed by atoms with Gasteiger partial charge >= 0.3 is 0 Å². The first-order chi connectivity index (χ1) is 13.1. The van der Waals surface area contributed by atoms with Gasteiger partial charge in [0.05, 0.1) is 18.4 Å². The molecule has 1 fully saturated rings. The predicted octanol–water partition coefficient (Wildman–Crippen LogP) is 3.87. The molecule has 0 saturated heterocycles. The fourth-order valence-electron chi connectivity index (χ4n) is 3.46. The van der Waals surface area contributed by atoms with Crippen molar-refractivity contribution in [1.82, 2.24) is 9.88 Å². The van der Waals surface area contributed by atoms with Crippen LogP contribution in [0.1, 0.15) is 48.2 Å². The summed E-state index contributed by atoms with van der Waals surface area (Å²) in [5, 5.41) is 5.25. The Bertz CT molecular complexity index is 799. The van der Waals surface area contributed by atoms with Gasteiger partial charge in [0.1, 0.15) is 12.3 Å². The second kappa shape index (κ2) is 8.99. The molecule has 0 aliphatic heterocycles. The number of nitrogens with one attached hydrogen (secondary N) is 1. The highest BCUT2D eigenvalue weighted by Gasteiger charge is 2.29. The average molecular weight is 388 g/mol. The highest BCUT2D eigenvalue weighted by Crippen LogP contribution is 2.27. The van der Waals surface area contributed by atoms with Gasteiger partial charge in [0.15, 0.2) is 5.13 Å². The minimum absolute atomic E-state index is 0.0141. The topological polar surface area (TPSA) is 71.5 Å². The van der Waals surface area contributed by atoms with Crippen LogP contribution in [0.4, 0.5) is 5.13 Å². The standard InChI is InChI=1S/C20H25N3O3S/c1-14-13-27-20(21-14)22-18(24)12-23(15-8-4-3-5-9-15)19(25)16-10-6-7-11-17(16)26-2/h6-7,10-11,13,15H,3-5,8-9,12H2,1-2H3,(H,21,22,24). The largest absolute Gasteiger partial charge is 0.496 e. The Hall–Kier alpha value is -2.41. The van der Waals surface area contributed by atoms with E-state index >= 15 is 0 Å². The molecule has 0 bridgehead atoms. The quantitative estimate of drug-likeness (QED) is 0.817. The molecule has 1 aliphatic carbocycles. The summed E-state index contributed by atoms with van der Waals surface area (Å²) < 4.78 is 5.35. The minimum Gasteiger partial charge on any atom is -0.496 e. The van der Waals surface area contributed by atoms with E-state index in [2.05, 4.69) is 10.3 Å². The van der Waals surface area contributed by atoms with Gasteiger partial charge in [-0.3, -0.25) is 9.59 Å². The van der Waals surface area contributed by atoms with Crippen LogP contribution in [0.5, 0.6) is 5.75 Å². The second-order valence-electron chi connectivity index (χ2n) is 6.77. The van der Waals surface area contributed by atoms with Crippen LogP contribution in [-0.4, -0.2) is 41.4 Å². The van der Waals surface area contributed by atoms with E-state index in [1.54, 1.807) is 24.1 Å². The lowest BCUT2D eigenvalue weighted by Gasteiger charge is -2.34. The molecule has 144 valence electrons. The van der Waals surface area contributed by atoms with Crippen LogP contribution < -0.4 is 10.1 Å². The number of carbonyl (C=O) groups is 2. The Labute approximate surface area is 163 Å². The normalized spacial score (nSPS) is 14.6. The van der Waals surface area contributed by atoms with E-state index in [0.29, 0.717) is 16.4 Å². The lowest BCUT2D eigenvalue weighted by atomic mass is 9.93. The van der Waals surface area contributed by atoms with Gasteiger partial charge in [-0.05, 0) is 31.9 Å². The van der Waals surface area contributed by atoms with Crippen molar-refractivity contribution in [2.24, 2.45) is 0 Å². The number of amides is 2. The summed E-state index contributed by atoms with van der Waals surface area (Å²) in [4.78, 5) is 31.8. The summed E-state index contributed by atoms with van der Waals surface area (Å²) in [5.74, 6) is 0.141. The molecule has 1 aromatic carbocycles. The summed E-state index contributed by atoms with van der Waals surface area (Å²) in [6.45, 7) is 1.89. The molecule has 1 N–H and O–H groups in total. The summed E-state index contributed by atoms with van der Waals surface area (Å²) >= 11 is 1.38. The van der Waals surface area contributed by atoms with Crippen molar-refractivity contribution >= 4 is 28.3 Å². The second-order valence-corrected chi connectivity index (χ2v) is 7.63. The molecule has 6 nitrogen and oxygen atoms in total. The van der Waals surface area contributed by atoms with Crippen LogP contribution in [0.25, 0.3) is 0 Å². The monoisotopic (exact) mass is 387 g/mol. The molecule has 1 aliphatic rings. The van der Waals surface area contributed by atoms with Crippen molar-refractivity contribution in [3.05, 3.63) is 40.9 Å². The van der Waals surface area contributed by atoms with E-state index in [1.807, 2.05) is 24.4 Å². The molecule has 2 amide bonds. The number of ether oxygens (including phenoxy) is 1. The van der Waals surface area contributed by atoms with Crippen LogP contribution in [0.2, 0.25) is 0 Å². The third-order valence-corrected chi connectivity index (χ3v) is 5.67. The smallest absolute Gasteiger partial charge is 0.258 e. The summed E-state index contributed by atoms with van der Waals surface area (Å²) in [6, 6.07) is 7.23. The fourth-order valence-corrected chi connectivity index (χ4v) is 4.16. The number of carbonyl (C=O) groups excluding carboxylic acids is 2. The zero-order valence-electron chi connectivity index (χ0n) is 15.7. The van der Waals surface area contributed by atoms with E-state index in [4.69, 9.17) is 4.74 Å². The minimum atomic E-state index is -0.224. The summed E-state index contributed by atoms with van der Waals surface area (Å²) in [6.07, 6.45) is 5.17. The number of anilines is 1. The first kappa shape index (κ1) is 19.4. The van der Waals surface area contributed by atoms with Gasteiger partial charge in [-0.25, -0.2) is 4.98 Å². The molecule has 7 heteroatoms. The van der Waals surface area contributed by atoms with Gasteiger partial charge in [-0.1, -0.05) is 31.4 Å². The van der Waals surface area contributed by atoms with E-state index in [0.717, 1.165) is 31.4 Å². The third kappa shape index (κ3) is 4.86. The summed E-state index contributed by atoms with van der Waals surface area (Å²) in [5.41, 5.74) is 1.35. The zero-order valence-corrected chi connectivity index (χ0v) is 16.6. The summed E-state index contributed by atoms with van der Waals surface area (Å²) in [7, 11) is 1.55. The van der Waals surface area contributed by atoms with Crippen molar-refractivity contribution in [2.45, 2.75) is 45.1 Å². The number of para-hydroxylation sites is 1. The molecule has 0 atom stereocenters. The molecule has 2 aromatic rings. The molecule has 1 saturated carbocycles. The number of hydrogen-bond acceptors (Lipinski definition) is 5. The maximum Gasteiger partial charge on any atom is 0.258 e. The van der Waals surface area contributed by atoms with E-state index in [1.165, 1.54) is 17.8 Å². The molecule has 0 unspecified atom stereocenters. The number of aromatic nitrogens is 1. The molecule has 1 heterocycles. The molecule has 0 spiro atoms. The van der Waals surface area contributed by atoms with Crippen LogP contribution >= 0.6 is 11.3 Å². The zero-order chi connectivity index (χ0) is 19.2. The molecule has 0 radical (unpaired) electrons. The van der Waals surface area contributed by atoms with Gasteiger partial charge in [-0.15, -0.1) is 11.3 Å². The Morgan fingerprint density at radius 2 is 2.00 bits per heavy atom. The van der Waals surface area contributed by atoms with Crippen LogP contribution in [0.15, 0.2) is 29.6 Å². The number of nitrogens with zero attached hydrogens (tertiary/aromatic N) is 2. The first-order valence-electron chi connectivity index (χ1n) is 9.24. The van der Waals surface area contributed by atoms with Crippen molar-refractivity contribution in [2.75, 3.05) is 19.0 Å². The van der Waals surface area contributed by atoms with Crippen molar-refractivity contribution in [3.8, 4) is 5.75 Å². The fraction of sp³-hybridized carbons (Fsp3) is 0.450.